The first-order chi connectivity index (χ1) is 57.7. The maximum Gasteiger partial charge on any atom is 0.318 e. The molecule has 0 bridgehead atoms. The van der Waals surface area contributed by atoms with E-state index in [1.165, 1.54) is 154 Å². The Bertz CT molecular complexity index is 2370. The SMILES string of the molecule is CCCCCCCCSCC(C)C(=O)OCCOC(=O)CCNCCN(CCN(CCC(=O)OCCOC(=O)C(C)CSCCCCCCCC)CCC(=O)OCCOC(=O)C(C)CSCCCCCCCC)CCN(CCC(=O)OCCOC(=O)C(C)CSCCCCCCCC)CCC(=O)OCCOC(=O)C(C)SCCCCCCCC. The molecular formula is C90H166N4O20S5. The van der Waals surface area contributed by atoms with Gasteiger partial charge in [-0.1, -0.05) is 223 Å². The smallest absolute Gasteiger partial charge is 0.318 e. The van der Waals surface area contributed by atoms with Crippen LogP contribution in [0.2, 0.25) is 0 Å². The molecule has 0 aliphatic heterocycles. The number of unbranched alkanes of at least 4 members (excludes halogenated alkanes) is 25. The average Bonchev–Trinajstić information content (AvgIpc) is 0.912. The normalized spacial score (nSPS) is 12.7. The van der Waals surface area contributed by atoms with E-state index in [2.05, 4.69) is 44.8 Å². The van der Waals surface area contributed by atoms with Crippen LogP contribution in [0.1, 0.15) is 294 Å². The first-order valence-corrected chi connectivity index (χ1v) is 51.8. The van der Waals surface area contributed by atoms with Crippen LogP contribution in [-0.4, -0.2) is 269 Å². The molecule has 0 saturated carbocycles. The Labute approximate surface area is 741 Å². The lowest BCUT2D eigenvalue weighted by atomic mass is 10.1. The predicted molar refractivity (Wildman–Crippen MR) is 490 cm³/mol. The largest absolute Gasteiger partial charge is 0.462 e. The maximum atomic E-state index is 13.4. The number of esters is 10. The summed E-state index contributed by atoms with van der Waals surface area (Å²) in [5.74, 6) is 1.82. The molecule has 119 heavy (non-hydrogen) atoms. The molecule has 24 nitrogen and oxygen atoms in total. The second-order valence-electron chi connectivity index (χ2n) is 31.2. The minimum absolute atomic E-state index is 0.0412. The molecule has 0 heterocycles. The van der Waals surface area contributed by atoms with Crippen molar-refractivity contribution in [2.75, 3.05) is 190 Å². The molecule has 5 unspecified atom stereocenters. The summed E-state index contributed by atoms with van der Waals surface area (Å²) >= 11 is 8.52. The van der Waals surface area contributed by atoms with Gasteiger partial charge in [0, 0.05) is 95.0 Å². The van der Waals surface area contributed by atoms with Gasteiger partial charge in [0.15, 0.2) is 0 Å². The summed E-state index contributed by atoms with van der Waals surface area (Å²) in [6, 6.07) is 0. The predicted octanol–water partition coefficient (Wildman–Crippen LogP) is 17.3. The Kier molecular flexibility index (Phi) is 82.4. The molecule has 1 N–H and O–H groups in total. The number of carbonyl (C=O) groups is 10. The van der Waals surface area contributed by atoms with Crippen molar-refractivity contribution in [2.45, 2.75) is 299 Å². The van der Waals surface area contributed by atoms with Crippen LogP contribution in [0, 0.1) is 23.7 Å². The zero-order valence-corrected chi connectivity index (χ0v) is 80.0. The number of hydrogen-bond donors (Lipinski definition) is 1. The number of rotatable bonds is 88. The van der Waals surface area contributed by atoms with Gasteiger partial charge in [-0.3, -0.25) is 52.8 Å². The number of thioether (sulfide) groups is 5. The Morgan fingerprint density at radius 3 is 0.731 bits per heavy atom. The van der Waals surface area contributed by atoms with E-state index in [1.807, 2.05) is 44.4 Å². The van der Waals surface area contributed by atoms with Crippen LogP contribution >= 0.6 is 58.8 Å². The molecule has 0 aliphatic rings. The fourth-order valence-electron chi connectivity index (χ4n) is 12.1. The van der Waals surface area contributed by atoms with Crippen molar-refractivity contribution in [1.29, 1.82) is 0 Å². The number of nitrogens with zero attached hydrogens (tertiary/aromatic N) is 3. The van der Waals surface area contributed by atoms with Gasteiger partial charge in [-0.2, -0.15) is 47.0 Å². The highest BCUT2D eigenvalue weighted by Crippen LogP contribution is 2.21. The number of nitrogens with one attached hydrogen (secondary N) is 1. The van der Waals surface area contributed by atoms with Gasteiger partial charge in [-0.05, 0) is 67.8 Å². The van der Waals surface area contributed by atoms with E-state index in [-0.39, 0.29) is 190 Å². The third-order valence-electron chi connectivity index (χ3n) is 19.9. The summed E-state index contributed by atoms with van der Waals surface area (Å²) in [7, 11) is 0. The van der Waals surface area contributed by atoms with E-state index in [4.69, 9.17) is 47.4 Å². The zero-order valence-electron chi connectivity index (χ0n) is 75.9. The molecule has 0 fully saturated rings. The molecule has 696 valence electrons. The molecule has 0 aromatic carbocycles. The van der Waals surface area contributed by atoms with Crippen LogP contribution < -0.4 is 5.32 Å². The Morgan fingerprint density at radius 2 is 0.462 bits per heavy atom. The summed E-state index contributed by atoms with van der Waals surface area (Å²) in [5, 5.41) is 2.98. The molecule has 0 saturated heterocycles. The van der Waals surface area contributed by atoms with Gasteiger partial charge in [0.05, 0.1) is 61.0 Å². The zero-order chi connectivity index (χ0) is 87.7. The lowest BCUT2D eigenvalue weighted by molar-refractivity contribution is -0.154. The van der Waals surface area contributed by atoms with Crippen LogP contribution in [0.5, 0.6) is 0 Å². The second kappa shape index (κ2) is 85.1. The molecule has 0 spiro atoms. The van der Waals surface area contributed by atoms with E-state index in [9.17, 15) is 47.9 Å². The first kappa shape index (κ1) is 115. The fraction of sp³-hybridized carbons (Fsp3) is 0.889. The lowest BCUT2D eigenvalue weighted by Crippen LogP contribution is -2.44. The highest BCUT2D eigenvalue weighted by Gasteiger charge is 2.23. The van der Waals surface area contributed by atoms with Crippen molar-refractivity contribution in [2.24, 2.45) is 23.7 Å². The average molecular weight is 1780 g/mol. The number of carbonyl (C=O) groups excluding carboxylic acids is 10. The third-order valence-corrected chi connectivity index (χ3v) is 26.4. The molecule has 0 radical (unpaired) electrons. The summed E-state index contributed by atoms with van der Waals surface area (Å²) in [6.07, 6.45) is 35.7. The van der Waals surface area contributed by atoms with Gasteiger partial charge in [0.25, 0.3) is 0 Å². The minimum atomic E-state index is -0.527. The summed E-state index contributed by atoms with van der Waals surface area (Å²) in [5.41, 5.74) is 0. The molecule has 0 aromatic heterocycles. The Hall–Kier alpha value is -3.71. The van der Waals surface area contributed by atoms with Gasteiger partial charge in [-0.25, -0.2) is 0 Å². The van der Waals surface area contributed by atoms with E-state index < -0.39 is 29.8 Å². The van der Waals surface area contributed by atoms with Gasteiger partial charge in [0.1, 0.15) is 66.1 Å². The van der Waals surface area contributed by atoms with Crippen LogP contribution in [0.25, 0.3) is 0 Å². The van der Waals surface area contributed by atoms with Crippen LogP contribution in [-0.2, 0) is 95.3 Å². The minimum Gasteiger partial charge on any atom is -0.462 e. The van der Waals surface area contributed by atoms with Crippen molar-refractivity contribution in [3.05, 3.63) is 0 Å². The molecule has 0 aliphatic carbocycles. The Balaban J connectivity index is 6.60. The fourth-order valence-corrected chi connectivity index (χ4v) is 17.3. The maximum absolute atomic E-state index is 13.4. The van der Waals surface area contributed by atoms with Crippen LogP contribution in [0.3, 0.4) is 0 Å². The first-order valence-electron chi connectivity index (χ1n) is 46.1. The van der Waals surface area contributed by atoms with Crippen molar-refractivity contribution < 1.29 is 95.3 Å². The third kappa shape index (κ3) is 75.4. The summed E-state index contributed by atoms with van der Waals surface area (Å²) in [6.45, 7) is 22.4. The molecule has 0 aromatic rings. The highest BCUT2D eigenvalue weighted by atomic mass is 32.2. The van der Waals surface area contributed by atoms with Crippen LogP contribution in [0.4, 0.5) is 0 Å². The molecular weight excluding hydrogens is 1620 g/mol. The Morgan fingerprint density at radius 1 is 0.244 bits per heavy atom. The standard InChI is InChI=1S/C90H166N4O20S5/c1-11-16-21-26-31-36-67-115-72-76(6)86(100)110-62-57-105-81(95)41-46-91-47-52-94(56-54-93(51-45-85(99)109-61-66-114-90(104)80(10)119-71-40-35-30-25-20-15-5)50-44-84(98)108-60-65-113-89(103)79(9)75-118-70-39-34-29-24-19-14-4)55-53-92(48-42-82(96)106-58-63-111-87(101)77(7)73-116-68-37-32-27-22-17-12-2)49-43-83(97)107-59-64-112-88(102)78(8)74-117-69-38-33-28-23-18-13-3/h76-80,91H,11-75H2,1-10H3. The van der Waals surface area contributed by atoms with E-state index in [0.29, 0.717) is 62.3 Å². The van der Waals surface area contributed by atoms with Crippen molar-refractivity contribution in [3.8, 4) is 0 Å². The van der Waals surface area contributed by atoms with E-state index in [0.717, 1.165) is 67.3 Å². The molecule has 5 atom stereocenters. The number of ether oxygens (including phenoxy) is 10. The molecule has 29 heteroatoms. The summed E-state index contributed by atoms with van der Waals surface area (Å²) < 4.78 is 55.1. The molecule has 0 rings (SSSR count). The van der Waals surface area contributed by atoms with E-state index in [1.54, 1.807) is 58.8 Å². The van der Waals surface area contributed by atoms with Gasteiger partial charge in [0.2, 0.25) is 0 Å². The highest BCUT2D eigenvalue weighted by molar-refractivity contribution is 8.00. The quantitative estimate of drug-likeness (QED) is 0.0336. The second-order valence-corrected chi connectivity index (χ2v) is 37.3. The van der Waals surface area contributed by atoms with Crippen molar-refractivity contribution >= 4 is 119 Å². The topological polar surface area (TPSA) is 285 Å². The van der Waals surface area contributed by atoms with Gasteiger partial charge < -0.3 is 62.5 Å². The van der Waals surface area contributed by atoms with Gasteiger partial charge in [-0.15, -0.1) is 11.8 Å². The van der Waals surface area contributed by atoms with E-state index >= 15 is 0 Å². The number of hydrogen-bond acceptors (Lipinski definition) is 29. The van der Waals surface area contributed by atoms with Crippen molar-refractivity contribution in [3.63, 3.8) is 0 Å². The lowest BCUT2D eigenvalue weighted by Gasteiger charge is -2.30. The van der Waals surface area contributed by atoms with Crippen molar-refractivity contribution in [1.82, 2.24) is 20.0 Å². The summed E-state index contributed by atoms with van der Waals surface area (Å²) in [4.78, 5) is 137. The van der Waals surface area contributed by atoms with Gasteiger partial charge >= 0.3 is 59.7 Å². The molecule has 0 amide bonds. The monoisotopic (exact) mass is 1780 g/mol. The van der Waals surface area contributed by atoms with Crippen LogP contribution in [0.15, 0.2) is 0 Å².